The summed E-state index contributed by atoms with van der Waals surface area (Å²) in [4.78, 5) is 16.8. The first-order valence-electron chi connectivity index (χ1n) is 6.78. The molecule has 116 valence electrons. The predicted molar refractivity (Wildman–Crippen MR) is 88.9 cm³/mol. The number of hydrogen-bond acceptors (Lipinski definition) is 4. The minimum absolute atomic E-state index is 0.101. The van der Waals surface area contributed by atoms with Crippen LogP contribution in [0, 0.1) is 0 Å². The Bertz CT molecular complexity index is 1030. The van der Waals surface area contributed by atoms with Crippen molar-refractivity contribution in [1.29, 1.82) is 0 Å². The normalized spacial score (nSPS) is 11.8. The molecule has 0 radical (unpaired) electrons. The van der Waals surface area contributed by atoms with E-state index in [2.05, 4.69) is 14.9 Å². The topological polar surface area (TPSA) is 91.4 Å². The van der Waals surface area contributed by atoms with Gasteiger partial charge in [-0.2, -0.15) is 13.5 Å². The van der Waals surface area contributed by atoms with Crippen LogP contribution in [0.5, 0.6) is 0 Å². The van der Waals surface area contributed by atoms with Crippen LogP contribution in [0.4, 0.5) is 0 Å². The minimum atomic E-state index is -3.75. The number of hydrazone groups is 1. The second-order valence-corrected chi connectivity index (χ2v) is 6.47. The van der Waals surface area contributed by atoms with Crippen molar-refractivity contribution in [2.75, 3.05) is 0 Å². The first-order chi connectivity index (χ1) is 11.1. The molecule has 3 rings (SSSR count). The summed E-state index contributed by atoms with van der Waals surface area (Å²) in [5.41, 5.74) is 0.630. The Morgan fingerprint density at radius 1 is 1.00 bits per heavy atom. The molecule has 0 fully saturated rings. The molecule has 0 aliphatic heterocycles. The zero-order chi connectivity index (χ0) is 16.3. The molecule has 7 heteroatoms. The molecule has 0 saturated heterocycles. The van der Waals surface area contributed by atoms with E-state index in [1.165, 1.54) is 18.3 Å². The highest BCUT2D eigenvalue weighted by atomic mass is 32.2. The molecule has 3 aromatic rings. The molecule has 2 N–H and O–H groups in total. The predicted octanol–water partition coefficient (Wildman–Crippen LogP) is 1.84. The van der Waals surface area contributed by atoms with E-state index in [0.717, 1.165) is 5.39 Å². The summed E-state index contributed by atoms with van der Waals surface area (Å²) in [6, 6.07) is 16.8. The van der Waals surface area contributed by atoms with Crippen LogP contribution in [0.2, 0.25) is 0 Å². The Morgan fingerprint density at radius 2 is 1.70 bits per heavy atom. The molecule has 2 aromatic carbocycles. The third kappa shape index (κ3) is 3.29. The Kier molecular flexibility index (Phi) is 3.94. The summed E-state index contributed by atoms with van der Waals surface area (Å²) < 4.78 is 24.0. The molecule has 0 atom stereocenters. The van der Waals surface area contributed by atoms with Gasteiger partial charge in [-0.15, -0.1) is 0 Å². The fourth-order valence-corrected chi connectivity index (χ4v) is 2.89. The smallest absolute Gasteiger partial charge is 0.276 e. The fourth-order valence-electron chi connectivity index (χ4n) is 2.08. The van der Waals surface area contributed by atoms with E-state index in [0.29, 0.717) is 5.52 Å². The number of fused-ring (bicyclic) bond motifs is 1. The van der Waals surface area contributed by atoms with Crippen LogP contribution in [0.15, 0.2) is 75.5 Å². The van der Waals surface area contributed by atoms with Crippen LogP contribution in [0.25, 0.3) is 10.9 Å². The lowest BCUT2D eigenvalue weighted by Crippen LogP contribution is -2.19. The summed E-state index contributed by atoms with van der Waals surface area (Å²) in [6.07, 6.45) is 1.19. The highest BCUT2D eigenvalue weighted by Crippen LogP contribution is 2.09. The molecular weight excluding hydrogens is 314 g/mol. The fraction of sp³-hybridized carbons (Fsp3) is 0. The summed E-state index contributed by atoms with van der Waals surface area (Å²) >= 11 is 0. The number of rotatable bonds is 4. The molecule has 0 saturated carbocycles. The zero-order valence-corrected chi connectivity index (χ0v) is 12.7. The number of aromatic nitrogens is 1. The van der Waals surface area contributed by atoms with Crippen LogP contribution in [0.3, 0.4) is 0 Å². The number of benzene rings is 2. The van der Waals surface area contributed by atoms with E-state index in [1.54, 1.807) is 30.3 Å². The third-order valence-electron chi connectivity index (χ3n) is 3.21. The average Bonchev–Trinajstić information content (AvgIpc) is 2.56. The van der Waals surface area contributed by atoms with Gasteiger partial charge in [-0.05, 0) is 29.7 Å². The Morgan fingerprint density at radius 3 is 2.48 bits per heavy atom. The third-order valence-corrected chi connectivity index (χ3v) is 4.45. The number of nitrogens with zero attached hydrogens (tertiary/aromatic N) is 1. The van der Waals surface area contributed by atoms with E-state index < -0.39 is 10.0 Å². The van der Waals surface area contributed by atoms with Gasteiger partial charge in [0.05, 0.1) is 16.7 Å². The van der Waals surface area contributed by atoms with E-state index in [4.69, 9.17) is 0 Å². The van der Waals surface area contributed by atoms with Gasteiger partial charge in [0.1, 0.15) is 0 Å². The molecule has 0 bridgehead atoms. The van der Waals surface area contributed by atoms with Gasteiger partial charge in [-0.25, -0.2) is 4.83 Å². The highest BCUT2D eigenvalue weighted by Gasteiger charge is 2.11. The standard InChI is InChI=1S/C16H13N3O3S/c20-16-13(10-12-6-4-5-9-15(12)18-16)11-17-19-23(21,22)14-7-2-1-3-8-14/h1-11,19H,(H,18,20)/b17-11-. The summed E-state index contributed by atoms with van der Waals surface area (Å²) in [6.45, 7) is 0. The van der Waals surface area contributed by atoms with Crippen LogP contribution in [-0.4, -0.2) is 19.6 Å². The molecular formula is C16H13N3O3S. The van der Waals surface area contributed by atoms with Gasteiger partial charge < -0.3 is 4.98 Å². The molecule has 1 heterocycles. The Hall–Kier alpha value is -2.93. The quantitative estimate of drug-likeness (QED) is 0.566. The Labute approximate surface area is 132 Å². The molecule has 0 unspecified atom stereocenters. The van der Waals surface area contributed by atoms with Gasteiger partial charge in [0.25, 0.3) is 15.6 Å². The number of pyridine rings is 1. The highest BCUT2D eigenvalue weighted by molar-refractivity contribution is 7.89. The lowest BCUT2D eigenvalue weighted by molar-refractivity contribution is 0.584. The maximum absolute atomic E-state index is 12.0. The first-order valence-corrected chi connectivity index (χ1v) is 8.26. The van der Waals surface area contributed by atoms with Crippen molar-refractivity contribution in [3.63, 3.8) is 0 Å². The number of H-pyrrole nitrogens is 1. The van der Waals surface area contributed by atoms with Gasteiger partial charge in [0.15, 0.2) is 0 Å². The molecule has 0 aliphatic carbocycles. The van der Waals surface area contributed by atoms with Gasteiger partial charge in [0, 0.05) is 5.52 Å². The molecule has 0 aliphatic rings. The number of nitrogens with one attached hydrogen (secondary N) is 2. The van der Waals surface area contributed by atoms with Gasteiger partial charge in [-0.3, -0.25) is 4.79 Å². The van der Waals surface area contributed by atoms with Crippen LogP contribution in [-0.2, 0) is 10.0 Å². The summed E-state index contributed by atoms with van der Waals surface area (Å²) in [5, 5.41) is 4.51. The van der Waals surface area contributed by atoms with Crippen molar-refractivity contribution in [1.82, 2.24) is 9.82 Å². The Balaban J connectivity index is 1.86. The van der Waals surface area contributed by atoms with E-state index in [1.807, 2.05) is 18.2 Å². The van der Waals surface area contributed by atoms with Crippen LogP contribution in [0.1, 0.15) is 5.56 Å². The van der Waals surface area contributed by atoms with Crippen LogP contribution < -0.4 is 10.4 Å². The average molecular weight is 327 g/mol. The number of hydrogen-bond donors (Lipinski definition) is 2. The van der Waals surface area contributed by atoms with E-state index in [-0.39, 0.29) is 16.0 Å². The molecule has 23 heavy (non-hydrogen) atoms. The molecule has 0 amide bonds. The maximum Gasteiger partial charge on any atom is 0.276 e. The number of sulfonamides is 1. The molecule has 0 spiro atoms. The monoisotopic (exact) mass is 327 g/mol. The van der Waals surface area contributed by atoms with E-state index >= 15 is 0 Å². The van der Waals surface area contributed by atoms with Crippen molar-refractivity contribution in [2.45, 2.75) is 4.90 Å². The molecule has 6 nitrogen and oxygen atoms in total. The second kappa shape index (κ2) is 6.05. The summed E-state index contributed by atoms with van der Waals surface area (Å²) in [5.74, 6) is 0. The minimum Gasteiger partial charge on any atom is -0.321 e. The van der Waals surface area contributed by atoms with Crippen LogP contribution >= 0.6 is 0 Å². The molecule has 1 aromatic heterocycles. The van der Waals surface area contributed by atoms with Crippen molar-refractivity contribution >= 4 is 27.1 Å². The number of para-hydroxylation sites is 1. The zero-order valence-electron chi connectivity index (χ0n) is 11.9. The van der Waals surface area contributed by atoms with Gasteiger partial charge >= 0.3 is 0 Å². The van der Waals surface area contributed by atoms with Crippen molar-refractivity contribution in [3.8, 4) is 0 Å². The largest absolute Gasteiger partial charge is 0.321 e. The first kappa shape index (κ1) is 15.0. The maximum atomic E-state index is 12.0. The summed E-state index contributed by atoms with van der Waals surface area (Å²) in [7, 11) is -3.75. The second-order valence-electron chi connectivity index (χ2n) is 4.81. The van der Waals surface area contributed by atoms with Gasteiger partial charge in [0.2, 0.25) is 0 Å². The van der Waals surface area contributed by atoms with Crippen molar-refractivity contribution in [2.24, 2.45) is 5.10 Å². The van der Waals surface area contributed by atoms with E-state index in [9.17, 15) is 13.2 Å². The lowest BCUT2D eigenvalue weighted by Gasteiger charge is -2.02. The lowest BCUT2D eigenvalue weighted by atomic mass is 10.2. The van der Waals surface area contributed by atoms with Crippen molar-refractivity contribution in [3.05, 3.63) is 76.6 Å². The number of aromatic amines is 1. The van der Waals surface area contributed by atoms with Gasteiger partial charge in [-0.1, -0.05) is 36.4 Å². The van der Waals surface area contributed by atoms with Crippen molar-refractivity contribution < 1.29 is 8.42 Å². The SMILES string of the molecule is O=c1[nH]c2ccccc2cc1/C=N\NS(=O)(=O)c1ccccc1.